The Bertz CT molecular complexity index is 1270. The van der Waals surface area contributed by atoms with Crippen molar-refractivity contribution in [2.45, 2.75) is 65.9 Å². The summed E-state index contributed by atoms with van der Waals surface area (Å²) in [6.45, 7) is 15.8. The number of fused-ring (bicyclic) bond motifs is 1. The molecule has 0 fully saturated rings. The van der Waals surface area contributed by atoms with Crippen LogP contribution in [-0.4, -0.2) is 5.91 Å². The number of hydrogen-bond acceptors (Lipinski definition) is 2. The third kappa shape index (κ3) is 5.23. The first-order valence-corrected chi connectivity index (χ1v) is 12.8. The number of rotatable bonds is 4. The molecule has 182 valence electrons. The summed E-state index contributed by atoms with van der Waals surface area (Å²) in [6, 6.07) is 18.6. The molecule has 0 spiro atoms. The van der Waals surface area contributed by atoms with Gasteiger partial charge >= 0.3 is 0 Å². The zero-order valence-corrected chi connectivity index (χ0v) is 23.3. The first kappa shape index (κ1) is 25.2. The molecule has 0 radical (unpaired) electrons. The second-order valence-electron chi connectivity index (χ2n) is 11.3. The van der Waals surface area contributed by atoms with E-state index >= 15 is 0 Å². The molecule has 1 amide bonds. The number of halogens is 1. The number of benzene rings is 3. The number of carbonyl (C=O) groups excluding carboxylic acids is 1. The van der Waals surface area contributed by atoms with Gasteiger partial charge in [-0.2, -0.15) is 0 Å². The molecule has 1 aliphatic heterocycles. The number of hydrogen-bond donors (Lipinski definition) is 1. The van der Waals surface area contributed by atoms with E-state index in [1.165, 1.54) is 0 Å². The molecule has 0 aliphatic carbocycles. The van der Waals surface area contributed by atoms with Crippen molar-refractivity contribution >= 4 is 39.2 Å². The lowest BCUT2D eigenvalue weighted by molar-refractivity contribution is -0.110. The van der Waals surface area contributed by atoms with Gasteiger partial charge in [0.15, 0.2) is 0 Å². The molecule has 3 aromatic carbocycles. The summed E-state index contributed by atoms with van der Waals surface area (Å²) >= 11 is 3.62. The van der Waals surface area contributed by atoms with Gasteiger partial charge in [0.05, 0.1) is 0 Å². The van der Waals surface area contributed by atoms with E-state index < -0.39 is 0 Å². The lowest BCUT2D eigenvalue weighted by atomic mass is 9.78. The zero-order valence-electron chi connectivity index (χ0n) is 21.7. The summed E-state index contributed by atoms with van der Waals surface area (Å²) in [4.78, 5) is 13.0. The van der Waals surface area contributed by atoms with Gasteiger partial charge in [-0.3, -0.25) is 4.79 Å². The Morgan fingerprint density at radius 3 is 2.09 bits per heavy atom. The zero-order chi connectivity index (χ0) is 25.5. The highest BCUT2D eigenvalue weighted by atomic mass is 79.9. The van der Waals surface area contributed by atoms with Gasteiger partial charge in [0.25, 0.3) is 5.91 Å². The average molecular weight is 533 g/mol. The second kappa shape index (κ2) is 9.31. The highest BCUT2D eigenvalue weighted by Gasteiger charge is 2.30. The van der Waals surface area contributed by atoms with Crippen molar-refractivity contribution in [3.05, 3.63) is 92.5 Å². The molecule has 1 aliphatic rings. The molecule has 4 heteroatoms. The molecule has 0 bridgehead atoms. The molecule has 4 rings (SSSR count). The molecule has 3 aromatic rings. The first-order valence-electron chi connectivity index (χ1n) is 12.0. The Morgan fingerprint density at radius 2 is 1.51 bits per heavy atom. The predicted octanol–water partition coefficient (Wildman–Crippen LogP) is 8.42. The fourth-order valence-electron chi connectivity index (χ4n) is 4.48. The molecule has 0 saturated heterocycles. The van der Waals surface area contributed by atoms with Crippen molar-refractivity contribution < 1.29 is 9.53 Å². The minimum atomic E-state index is -0.144. The van der Waals surface area contributed by atoms with Gasteiger partial charge in [-0.15, -0.1) is 0 Å². The summed E-state index contributed by atoms with van der Waals surface area (Å²) in [5, 5.41) is 3.02. The van der Waals surface area contributed by atoms with E-state index in [1.807, 2.05) is 43.3 Å². The Kier molecular flexibility index (Phi) is 6.72. The van der Waals surface area contributed by atoms with Crippen LogP contribution >= 0.6 is 15.9 Å². The Morgan fingerprint density at radius 1 is 0.914 bits per heavy atom. The minimum Gasteiger partial charge on any atom is -0.488 e. The number of ether oxygens (including phenoxy) is 1. The van der Waals surface area contributed by atoms with Gasteiger partial charge in [-0.25, -0.2) is 0 Å². The number of nitrogens with one attached hydrogen (secondary N) is 1. The molecule has 0 aromatic heterocycles. The Hall–Kier alpha value is -2.85. The minimum absolute atomic E-state index is 0.0692. The van der Waals surface area contributed by atoms with Crippen LogP contribution in [0.1, 0.15) is 74.9 Å². The molecule has 0 atom stereocenters. The largest absolute Gasteiger partial charge is 0.488 e. The maximum absolute atomic E-state index is 13.0. The lowest BCUT2D eigenvalue weighted by Gasteiger charge is -2.30. The van der Waals surface area contributed by atoms with Crippen molar-refractivity contribution in [1.29, 1.82) is 0 Å². The topological polar surface area (TPSA) is 38.3 Å². The van der Waals surface area contributed by atoms with Crippen LogP contribution in [0.5, 0.6) is 5.75 Å². The molecule has 3 nitrogen and oxygen atoms in total. The van der Waals surface area contributed by atoms with E-state index in [9.17, 15) is 4.79 Å². The fourth-order valence-corrected chi connectivity index (χ4v) is 4.81. The molecule has 1 N–H and O–H groups in total. The summed E-state index contributed by atoms with van der Waals surface area (Å²) in [5.74, 6) is 0.867. The van der Waals surface area contributed by atoms with Crippen LogP contribution in [0, 0.1) is 6.92 Å². The lowest BCUT2D eigenvalue weighted by Crippen LogP contribution is -2.20. The standard InChI is InChI=1S/C31H34BrNO2/c1-19-25(32)13-14-26-27(19)22(29(34)33-26)15-21-16-23(30(2,3)4)28(24(17-21)31(5,6)7)35-18-20-11-9-8-10-12-20/h8-17H,18H2,1-7H3,(H,33,34). The van der Waals surface area contributed by atoms with Crippen LogP contribution < -0.4 is 10.1 Å². The van der Waals surface area contributed by atoms with Crippen LogP contribution in [0.2, 0.25) is 0 Å². The van der Waals surface area contributed by atoms with Gasteiger partial charge in [-0.1, -0.05) is 87.8 Å². The summed E-state index contributed by atoms with van der Waals surface area (Å²) in [5.41, 5.74) is 7.70. The molecular formula is C31H34BrNO2. The number of carbonyl (C=O) groups is 1. The van der Waals surface area contributed by atoms with Gasteiger partial charge in [0.1, 0.15) is 12.4 Å². The van der Waals surface area contributed by atoms with Crippen molar-refractivity contribution in [1.82, 2.24) is 0 Å². The van der Waals surface area contributed by atoms with Crippen molar-refractivity contribution in [3.63, 3.8) is 0 Å². The Balaban J connectivity index is 1.88. The van der Waals surface area contributed by atoms with Crippen molar-refractivity contribution in [2.24, 2.45) is 0 Å². The third-order valence-corrected chi connectivity index (χ3v) is 7.28. The van der Waals surface area contributed by atoms with Crippen LogP contribution in [-0.2, 0) is 22.2 Å². The van der Waals surface area contributed by atoms with Crippen LogP contribution in [0.25, 0.3) is 11.6 Å². The van der Waals surface area contributed by atoms with Crippen LogP contribution in [0.3, 0.4) is 0 Å². The van der Waals surface area contributed by atoms with Crippen molar-refractivity contribution in [3.8, 4) is 5.75 Å². The summed E-state index contributed by atoms with van der Waals surface area (Å²) in [7, 11) is 0. The van der Waals surface area contributed by atoms with Crippen molar-refractivity contribution in [2.75, 3.05) is 5.32 Å². The van der Waals surface area contributed by atoms with Crippen LogP contribution in [0.15, 0.2) is 59.1 Å². The van der Waals surface area contributed by atoms with E-state index in [4.69, 9.17) is 4.74 Å². The normalized spacial score (nSPS) is 14.7. The quantitative estimate of drug-likeness (QED) is 0.343. The molecule has 0 unspecified atom stereocenters. The van der Waals surface area contributed by atoms with Gasteiger partial charge in [-0.05, 0) is 64.8 Å². The molecule has 1 heterocycles. The fraction of sp³-hybridized carbons (Fsp3) is 0.323. The van der Waals surface area contributed by atoms with Crippen LogP contribution in [0.4, 0.5) is 5.69 Å². The number of amides is 1. The first-order chi connectivity index (χ1) is 16.4. The molecule has 35 heavy (non-hydrogen) atoms. The van der Waals surface area contributed by atoms with E-state index in [2.05, 4.69) is 87.1 Å². The molecular weight excluding hydrogens is 498 g/mol. The Labute approximate surface area is 217 Å². The summed E-state index contributed by atoms with van der Waals surface area (Å²) in [6.07, 6.45) is 2.02. The van der Waals surface area contributed by atoms with E-state index in [1.54, 1.807) is 0 Å². The average Bonchev–Trinajstić information content (AvgIpc) is 3.10. The predicted molar refractivity (Wildman–Crippen MR) is 150 cm³/mol. The third-order valence-electron chi connectivity index (χ3n) is 6.43. The van der Waals surface area contributed by atoms with Gasteiger partial charge in [0.2, 0.25) is 0 Å². The SMILES string of the molecule is Cc1c(Br)ccc2c1C(=Cc1cc(C(C)(C)C)c(OCc3ccccc3)c(C(C)(C)C)c1)C(=O)N2. The summed E-state index contributed by atoms with van der Waals surface area (Å²) < 4.78 is 7.53. The number of anilines is 1. The maximum atomic E-state index is 13.0. The van der Waals surface area contributed by atoms with Gasteiger partial charge < -0.3 is 10.1 Å². The monoisotopic (exact) mass is 531 g/mol. The highest BCUT2D eigenvalue weighted by Crippen LogP contribution is 2.43. The van der Waals surface area contributed by atoms with E-state index in [0.717, 1.165) is 49.3 Å². The highest BCUT2D eigenvalue weighted by molar-refractivity contribution is 9.10. The molecule has 0 saturated carbocycles. The van der Waals surface area contributed by atoms with E-state index in [0.29, 0.717) is 12.2 Å². The van der Waals surface area contributed by atoms with E-state index in [-0.39, 0.29) is 16.7 Å². The van der Waals surface area contributed by atoms with Gasteiger partial charge in [0, 0.05) is 32.4 Å². The smallest absolute Gasteiger partial charge is 0.256 e. The maximum Gasteiger partial charge on any atom is 0.256 e. The second-order valence-corrected chi connectivity index (χ2v) is 12.2.